The molecule has 0 aliphatic heterocycles. The van der Waals surface area contributed by atoms with Crippen LogP contribution in [0.25, 0.3) is 0 Å². The predicted octanol–water partition coefficient (Wildman–Crippen LogP) is 4.28. The minimum atomic E-state index is -1.21. The molecular weight excluding hydrogens is 267 g/mol. The Balaban J connectivity index is 2.40. The summed E-state index contributed by atoms with van der Waals surface area (Å²) in [7, 11) is 0. The molecule has 1 aromatic carbocycles. The van der Waals surface area contributed by atoms with E-state index in [0.717, 1.165) is 17.7 Å². The van der Waals surface area contributed by atoms with E-state index in [1.165, 1.54) is 12.2 Å². The van der Waals surface area contributed by atoms with Crippen LogP contribution < -0.4 is 5.32 Å². The average Bonchev–Trinajstić information content (AvgIpc) is 2.57. The number of rotatable bonds is 3. The Kier molecular flexibility index (Phi) is 4.08. The van der Waals surface area contributed by atoms with Crippen LogP contribution in [0.1, 0.15) is 23.7 Å². The van der Waals surface area contributed by atoms with Gasteiger partial charge in [0.05, 0.1) is 11.4 Å². The van der Waals surface area contributed by atoms with Crippen LogP contribution in [0.2, 0.25) is 0 Å². The first-order chi connectivity index (χ1) is 9.52. The zero-order valence-corrected chi connectivity index (χ0v) is 10.7. The van der Waals surface area contributed by atoms with E-state index in [4.69, 9.17) is 0 Å². The van der Waals surface area contributed by atoms with Crippen molar-refractivity contribution in [2.45, 2.75) is 13.3 Å². The minimum absolute atomic E-state index is 0.00528. The molecule has 0 aromatic heterocycles. The van der Waals surface area contributed by atoms with Gasteiger partial charge in [0.25, 0.3) is 0 Å². The lowest BCUT2D eigenvalue weighted by Crippen LogP contribution is -2.06. The van der Waals surface area contributed by atoms with E-state index in [9.17, 15) is 18.0 Å². The maximum Gasteiger partial charge on any atom is 0.182 e. The molecule has 0 saturated carbocycles. The van der Waals surface area contributed by atoms with Gasteiger partial charge in [-0.15, -0.1) is 0 Å². The fourth-order valence-electron chi connectivity index (χ4n) is 1.83. The topological polar surface area (TPSA) is 29.1 Å². The first-order valence-electron chi connectivity index (χ1n) is 5.97. The lowest BCUT2D eigenvalue weighted by Gasteiger charge is -2.12. The number of halogens is 3. The van der Waals surface area contributed by atoms with E-state index < -0.39 is 17.5 Å². The van der Waals surface area contributed by atoms with Crippen molar-refractivity contribution in [2.24, 2.45) is 0 Å². The van der Waals surface area contributed by atoms with Gasteiger partial charge >= 0.3 is 0 Å². The van der Waals surface area contributed by atoms with E-state index in [0.29, 0.717) is 12.7 Å². The van der Waals surface area contributed by atoms with Crippen LogP contribution in [0.3, 0.4) is 0 Å². The lowest BCUT2D eigenvalue weighted by molar-refractivity contribution is 0.112. The summed E-state index contributed by atoms with van der Waals surface area (Å²) in [6.45, 7) is 1.73. The summed E-state index contributed by atoms with van der Waals surface area (Å²) < 4.78 is 40.8. The number of allylic oxidation sites excluding steroid dienone is 5. The van der Waals surface area contributed by atoms with Crippen LogP contribution in [0.4, 0.5) is 18.9 Å². The molecule has 0 radical (unpaired) electrons. The molecule has 1 aliphatic rings. The molecule has 20 heavy (non-hydrogen) atoms. The summed E-state index contributed by atoms with van der Waals surface area (Å²) in [5.41, 5.74) is 0.289. The third kappa shape index (κ3) is 2.82. The van der Waals surface area contributed by atoms with Crippen LogP contribution in [-0.2, 0) is 0 Å². The van der Waals surface area contributed by atoms with Crippen LogP contribution in [0.5, 0.6) is 0 Å². The Hall–Kier alpha value is -2.30. The molecule has 0 amide bonds. The molecule has 2 nitrogen and oxygen atoms in total. The molecule has 0 spiro atoms. The van der Waals surface area contributed by atoms with Gasteiger partial charge in [0.1, 0.15) is 5.83 Å². The van der Waals surface area contributed by atoms with Crippen molar-refractivity contribution in [1.82, 2.24) is 0 Å². The van der Waals surface area contributed by atoms with Crippen molar-refractivity contribution in [3.8, 4) is 0 Å². The van der Waals surface area contributed by atoms with Gasteiger partial charge in [0.2, 0.25) is 0 Å². The van der Waals surface area contributed by atoms with Gasteiger partial charge in [-0.1, -0.05) is 17.7 Å². The molecule has 1 aromatic rings. The number of benzene rings is 1. The summed E-state index contributed by atoms with van der Waals surface area (Å²) >= 11 is 0. The van der Waals surface area contributed by atoms with Crippen molar-refractivity contribution in [2.75, 3.05) is 5.32 Å². The normalized spacial score (nSPS) is 14.9. The fourth-order valence-corrected chi connectivity index (χ4v) is 1.83. The predicted molar refractivity (Wildman–Crippen MR) is 71.0 cm³/mol. The summed E-state index contributed by atoms with van der Waals surface area (Å²) in [5, 5.41) is 2.46. The molecule has 0 unspecified atom stereocenters. The summed E-state index contributed by atoms with van der Waals surface area (Å²) in [5.74, 6) is -2.92. The maximum atomic E-state index is 13.9. The number of anilines is 1. The van der Waals surface area contributed by atoms with Crippen molar-refractivity contribution < 1.29 is 18.0 Å². The third-order valence-electron chi connectivity index (χ3n) is 2.89. The maximum absolute atomic E-state index is 13.9. The van der Waals surface area contributed by atoms with Gasteiger partial charge in [0.15, 0.2) is 17.9 Å². The van der Waals surface area contributed by atoms with Crippen LogP contribution >= 0.6 is 0 Å². The first-order valence-corrected chi connectivity index (χ1v) is 5.97. The molecule has 1 aliphatic carbocycles. The third-order valence-corrected chi connectivity index (χ3v) is 2.89. The second-order valence-corrected chi connectivity index (χ2v) is 4.36. The van der Waals surface area contributed by atoms with E-state index in [1.807, 2.05) is 0 Å². The number of carbonyl (C=O) groups excluding carboxylic acids is 1. The van der Waals surface area contributed by atoms with Crippen LogP contribution in [0.15, 0.2) is 47.5 Å². The first kappa shape index (κ1) is 14.1. The fraction of sp³-hybridized carbons (Fsp3) is 0.133. The molecule has 0 bridgehead atoms. The highest BCUT2D eigenvalue weighted by atomic mass is 19.2. The van der Waals surface area contributed by atoms with Gasteiger partial charge in [-0.05, 0) is 31.6 Å². The Morgan fingerprint density at radius 2 is 1.95 bits per heavy atom. The zero-order chi connectivity index (χ0) is 14.7. The summed E-state index contributed by atoms with van der Waals surface area (Å²) in [6.07, 6.45) is 5.40. The second kappa shape index (κ2) is 5.77. The Morgan fingerprint density at radius 1 is 1.20 bits per heavy atom. The van der Waals surface area contributed by atoms with Crippen LogP contribution in [0, 0.1) is 11.6 Å². The number of aldehydes is 1. The molecule has 2 rings (SSSR count). The Morgan fingerprint density at radius 3 is 2.65 bits per heavy atom. The molecule has 1 N–H and O–H groups in total. The Labute approximate surface area is 114 Å². The van der Waals surface area contributed by atoms with Gasteiger partial charge in [-0.2, -0.15) is 0 Å². The molecule has 0 fully saturated rings. The van der Waals surface area contributed by atoms with E-state index in [2.05, 4.69) is 5.32 Å². The van der Waals surface area contributed by atoms with E-state index >= 15 is 0 Å². The second-order valence-electron chi connectivity index (χ2n) is 4.36. The molecule has 104 valence electrons. The smallest absolute Gasteiger partial charge is 0.182 e. The number of nitrogens with one attached hydrogen (secondary N) is 1. The molecule has 0 saturated heterocycles. The van der Waals surface area contributed by atoms with Crippen molar-refractivity contribution in [3.63, 3.8) is 0 Å². The van der Waals surface area contributed by atoms with Crippen molar-refractivity contribution in [1.29, 1.82) is 0 Å². The minimum Gasteiger partial charge on any atom is -0.350 e. The van der Waals surface area contributed by atoms with Gasteiger partial charge < -0.3 is 5.32 Å². The van der Waals surface area contributed by atoms with Crippen molar-refractivity contribution in [3.05, 3.63) is 64.7 Å². The largest absolute Gasteiger partial charge is 0.350 e. The quantitative estimate of drug-likeness (QED) is 0.837. The number of hydrogen-bond donors (Lipinski definition) is 1. The van der Waals surface area contributed by atoms with Crippen molar-refractivity contribution >= 4 is 12.0 Å². The van der Waals surface area contributed by atoms with Gasteiger partial charge in [0, 0.05) is 5.56 Å². The monoisotopic (exact) mass is 279 g/mol. The van der Waals surface area contributed by atoms with E-state index in [1.54, 1.807) is 13.0 Å². The van der Waals surface area contributed by atoms with Gasteiger partial charge in [-0.3, -0.25) is 4.79 Å². The number of hydrogen-bond acceptors (Lipinski definition) is 2. The van der Waals surface area contributed by atoms with E-state index in [-0.39, 0.29) is 16.9 Å². The average molecular weight is 279 g/mol. The zero-order valence-electron chi connectivity index (χ0n) is 10.7. The van der Waals surface area contributed by atoms with Crippen LogP contribution in [-0.4, -0.2) is 6.29 Å². The molecular formula is C15H12F3NO. The lowest BCUT2D eigenvalue weighted by atomic mass is 10.1. The highest BCUT2D eigenvalue weighted by Gasteiger charge is 2.16. The number of carbonyl (C=O) groups is 1. The van der Waals surface area contributed by atoms with Gasteiger partial charge in [-0.25, -0.2) is 13.2 Å². The standard InChI is InChI=1S/C15H12F3NO/c1-9-3-2-4-13(12(17)7-9)19-15-10(8-20)5-6-11(16)14(15)18/h3-8,19H,2H2,1H3. The molecule has 0 atom stereocenters. The molecule has 5 heteroatoms. The Bertz CT molecular complexity index is 645. The summed E-state index contributed by atoms with van der Waals surface area (Å²) in [4.78, 5) is 10.9. The SMILES string of the molecule is CC1=CCC=C(Nc2c(C=O)ccc(F)c2F)C(F)=C1. The highest BCUT2D eigenvalue weighted by Crippen LogP contribution is 2.27. The summed E-state index contributed by atoms with van der Waals surface area (Å²) in [6, 6.07) is 1.99. The molecule has 0 heterocycles. The highest BCUT2D eigenvalue weighted by molar-refractivity contribution is 5.85.